The van der Waals surface area contributed by atoms with Gasteiger partial charge in [0.1, 0.15) is 0 Å². The molecule has 0 aromatic heterocycles. The fourth-order valence-electron chi connectivity index (χ4n) is 1.53. The van der Waals surface area contributed by atoms with Crippen LogP contribution < -0.4 is 0 Å². The van der Waals surface area contributed by atoms with Crippen LogP contribution in [0, 0.1) is 0 Å². The van der Waals surface area contributed by atoms with E-state index in [9.17, 15) is 41.9 Å². The first-order valence-corrected chi connectivity index (χ1v) is 9.24. The molecule has 176 valence electrons. The van der Waals surface area contributed by atoms with Crippen molar-refractivity contribution in [2.24, 2.45) is 0 Å². The fourth-order valence-corrected chi connectivity index (χ4v) is 1.78. The molecule has 31 heavy (non-hydrogen) atoms. The van der Waals surface area contributed by atoms with Crippen LogP contribution in [-0.2, 0) is 47.7 Å². The molecule has 0 aliphatic heterocycles. The monoisotopic (exact) mass is 496 g/mol. The van der Waals surface area contributed by atoms with Crippen LogP contribution in [0.25, 0.3) is 0 Å². The minimum atomic E-state index is -5.31. The van der Waals surface area contributed by atoms with Crippen LogP contribution in [0.15, 0.2) is 0 Å². The fraction of sp³-hybridized carbons (Fsp3) is 0.625. The van der Waals surface area contributed by atoms with E-state index in [1.54, 1.807) is 0 Å². The first-order chi connectivity index (χ1) is 14.3. The third kappa shape index (κ3) is 11.5. The van der Waals surface area contributed by atoms with Crippen LogP contribution in [0.2, 0.25) is 0 Å². The van der Waals surface area contributed by atoms with Gasteiger partial charge >= 0.3 is 30.1 Å². The van der Waals surface area contributed by atoms with Crippen molar-refractivity contribution in [3.8, 4) is 0 Å². The largest absolute Gasteiger partial charge is 0.490 e. The molecular weight excluding hydrogens is 480 g/mol. The van der Waals surface area contributed by atoms with Crippen molar-refractivity contribution in [3.63, 3.8) is 0 Å². The Hall–Kier alpha value is -2.41. The minimum absolute atomic E-state index is 0.00129. The molecule has 0 N–H and O–H groups in total. The summed E-state index contributed by atoms with van der Waals surface area (Å²) in [6, 6.07) is 0. The number of alkyl halides is 5. The van der Waals surface area contributed by atoms with Crippen LogP contribution in [0.3, 0.4) is 0 Å². The molecule has 2 atom stereocenters. The maximum absolute atomic E-state index is 11.9. The van der Waals surface area contributed by atoms with Crippen LogP contribution >= 0.6 is 23.2 Å². The zero-order valence-corrected chi connectivity index (χ0v) is 17.4. The van der Waals surface area contributed by atoms with Gasteiger partial charge in [-0.15, -0.1) is 23.2 Å². The Morgan fingerprint density at radius 2 is 1.29 bits per heavy atom. The molecule has 0 spiro atoms. The van der Waals surface area contributed by atoms with E-state index in [4.69, 9.17) is 23.2 Å². The zero-order chi connectivity index (χ0) is 24.2. The van der Waals surface area contributed by atoms with E-state index in [0.717, 1.165) is 0 Å². The molecule has 0 aromatic rings. The number of esters is 4. The van der Waals surface area contributed by atoms with E-state index in [1.807, 2.05) is 0 Å². The van der Waals surface area contributed by atoms with E-state index in [1.165, 1.54) is 6.92 Å². The highest BCUT2D eigenvalue weighted by Crippen LogP contribution is 2.16. The summed E-state index contributed by atoms with van der Waals surface area (Å²) < 4.78 is 53.1. The molecular formula is C16H17Cl2F3O10. The highest BCUT2D eigenvalue weighted by atomic mass is 35.5. The Balaban J connectivity index is 4.15. The molecule has 0 fully saturated rings. The number of Topliss-reactive ketones (excluding diaryl/α,β-unsaturated/α-hetero) is 2. The molecule has 15 heteroatoms. The van der Waals surface area contributed by atoms with Gasteiger partial charge in [0.15, 0.2) is 35.5 Å². The smallest absolute Gasteiger partial charge is 0.465 e. The molecule has 0 radical (unpaired) electrons. The Kier molecular flexibility index (Phi) is 12.7. The third-order valence-corrected chi connectivity index (χ3v) is 3.83. The second-order valence-corrected chi connectivity index (χ2v) is 6.29. The van der Waals surface area contributed by atoms with Crippen molar-refractivity contribution < 1.29 is 60.9 Å². The first-order valence-electron chi connectivity index (χ1n) is 8.37. The van der Waals surface area contributed by atoms with Crippen molar-refractivity contribution >= 4 is 58.6 Å². The average molecular weight is 497 g/mol. The zero-order valence-electron chi connectivity index (χ0n) is 15.9. The second kappa shape index (κ2) is 13.8. The summed E-state index contributed by atoms with van der Waals surface area (Å²) >= 11 is 10.9. The molecule has 0 heterocycles. The van der Waals surface area contributed by atoms with Gasteiger partial charge in [-0.25, -0.2) is 14.4 Å². The molecule has 2 unspecified atom stereocenters. The van der Waals surface area contributed by atoms with Crippen molar-refractivity contribution in [2.45, 2.75) is 36.7 Å². The molecule has 0 saturated heterocycles. The second-order valence-electron chi connectivity index (χ2n) is 5.42. The number of hydrogen-bond acceptors (Lipinski definition) is 10. The van der Waals surface area contributed by atoms with Crippen molar-refractivity contribution in [1.29, 1.82) is 0 Å². The lowest BCUT2D eigenvalue weighted by Gasteiger charge is -2.11. The van der Waals surface area contributed by atoms with Gasteiger partial charge in [-0.2, -0.15) is 13.2 Å². The highest BCUT2D eigenvalue weighted by Gasteiger charge is 2.41. The van der Waals surface area contributed by atoms with Gasteiger partial charge in [-0.05, 0) is 13.3 Å². The van der Waals surface area contributed by atoms with Crippen molar-refractivity contribution in [2.75, 3.05) is 26.4 Å². The van der Waals surface area contributed by atoms with Crippen molar-refractivity contribution in [1.82, 2.24) is 0 Å². The van der Waals surface area contributed by atoms with Gasteiger partial charge in [0.05, 0.1) is 13.2 Å². The lowest BCUT2D eigenvalue weighted by Crippen LogP contribution is -2.33. The molecule has 0 bridgehead atoms. The van der Waals surface area contributed by atoms with E-state index in [0.29, 0.717) is 0 Å². The summed E-state index contributed by atoms with van der Waals surface area (Å²) in [5.41, 5.74) is 0. The quantitative estimate of drug-likeness (QED) is 0.118. The average Bonchev–Trinajstić information content (AvgIpc) is 2.70. The van der Waals surface area contributed by atoms with E-state index >= 15 is 0 Å². The minimum Gasteiger partial charge on any atom is -0.465 e. The standard InChI is InChI=1S/C16H17Cl2F3O10/c1-2-28-13(25)11(17)8(22)6-30-10(24)4-3-5-29-14(26)12(18)9(23)7-31-15(27)16(19,20)21/h11-12H,2-7H2,1H3. The molecule has 0 rings (SSSR count). The van der Waals surface area contributed by atoms with Crippen LogP contribution in [0.1, 0.15) is 19.8 Å². The number of carbonyl (C=O) groups excluding carboxylic acids is 6. The summed E-state index contributed by atoms with van der Waals surface area (Å²) in [6.45, 7) is -1.11. The van der Waals surface area contributed by atoms with Gasteiger partial charge in [-0.3, -0.25) is 14.4 Å². The summed E-state index contributed by atoms with van der Waals surface area (Å²) in [4.78, 5) is 67.7. The Labute approximate surface area is 183 Å². The van der Waals surface area contributed by atoms with Crippen molar-refractivity contribution in [3.05, 3.63) is 0 Å². The summed E-state index contributed by atoms with van der Waals surface area (Å²) in [5.74, 6) is -8.10. The molecule has 10 nitrogen and oxygen atoms in total. The van der Waals surface area contributed by atoms with Gasteiger partial charge in [0.25, 0.3) is 0 Å². The SMILES string of the molecule is CCOC(=O)C(Cl)C(=O)COC(=O)CCCOC(=O)C(Cl)C(=O)COC(=O)C(F)(F)F. The van der Waals surface area contributed by atoms with Gasteiger partial charge in [0, 0.05) is 6.42 Å². The summed E-state index contributed by atoms with van der Waals surface area (Å²) in [6.07, 6.45) is -5.77. The predicted octanol–water partition coefficient (Wildman–Crippen LogP) is 0.875. The number of ether oxygens (including phenoxy) is 4. The van der Waals surface area contributed by atoms with E-state index < -0.39 is 72.2 Å². The lowest BCUT2D eigenvalue weighted by molar-refractivity contribution is -0.199. The Bertz CT molecular complexity index is 696. The number of rotatable bonds is 13. The van der Waals surface area contributed by atoms with Gasteiger partial charge in [-0.1, -0.05) is 0 Å². The Morgan fingerprint density at radius 1 is 0.806 bits per heavy atom. The molecule has 0 amide bonds. The lowest BCUT2D eigenvalue weighted by atomic mass is 10.3. The number of hydrogen-bond donors (Lipinski definition) is 0. The Morgan fingerprint density at radius 3 is 1.77 bits per heavy atom. The van der Waals surface area contributed by atoms with E-state index in [-0.39, 0.29) is 19.4 Å². The summed E-state index contributed by atoms with van der Waals surface area (Å²) in [7, 11) is 0. The molecule has 0 aromatic carbocycles. The number of halogens is 5. The normalized spacial score (nSPS) is 12.8. The topological polar surface area (TPSA) is 139 Å². The maximum Gasteiger partial charge on any atom is 0.490 e. The van der Waals surface area contributed by atoms with Crippen LogP contribution in [0.5, 0.6) is 0 Å². The van der Waals surface area contributed by atoms with Crippen LogP contribution in [-0.4, -0.2) is 78.8 Å². The molecule has 0 aliphatic rings. The maximum atomic E-state index is 11.9. The third-order valence-electron chi connectivity index (χ3n) is 2.99. The van der Waals surface area contributed by atoms with Gasteiger partial charge < -0.3 is 18.9 Å². The van der Waals surface area contributed by atoms with E-state index in [2.05, 4.69) is 18.9 Å². The number of ketones is 2. The number of carbonyl (C=O) groups is 6. The first kappa shape index (κ1) is 28.6. The molecule has 0 saturated carbocycles. The van der Waals surface area contributed by atoms with Crippen LogP contribution in [0.4, 0.5) is 13.2 Å². The molecule has 0 aliphatic carbocycles. The predicted molar refractivity (Wildman–Crippen MR) is 94.1 cm³/mol. The highest BCUT2D eigenvalue weighted by molar-refractivity contribution is 6.41. The van der Waals surface area contributed by atoms with Gasteiger partial charge in [0.2, 0.25) is 0 Å². The summed E-state index contributed by atoms with van der Waals surface area (Å²) in [5, 5.41) is -3.67.